The van der Waals surface area contributed by atoms with Gasteiger partial charge < -0.3 is 13.9 Å². The van der Waals surface area contributed by atoms with Gasteiger partial charge in [0.05, 0.1) is 5.75 Å². The van der Waals surface area contributed by atoms with E-state index in [9.17, 15) is 13.2 Å². The van der Waals surface area contributed by atoms with Gasteiger partial charge in [0.25, 0.3) is 0 Å². The van der Waals surface area contributed by atoms with Crippen LogP contribution in [0.4, 0.5) is 0 Å². The van der Waals surface area contributed by atoms with Crippen LogP contribution >= 0.6 is 0 Å². The first-order chi connectivity index (χ1) is 10.5. The van der Waals surface area contributed by atoms with Gasteiger partial charge in [-0.3, -0.25) is 0 Å². The normalized spacial score (nSPS) is 15.3. The van der Waals surface area contributed by atoms with Crippen LogP contribution in [-0.4, -0.2) is 43.4 Å². The van der Waals surface area contributed by atoms with Crippen LogP contribution in [0.1, 0.15) is 10.7 Å². The molecule has 1 aliphatic heterocycles. The van der Waals surface area contributed by atoms with Crippen molar-refractivity contribution in [3.63, 3.8) is 0 Å². The summed E-state index contributed by atoms with van der Waals surface area (Å²) in [6, 6.07) is 8.81. The van der Waals surface area contributed by atoms with Gasteiger partial charge in [0, 0.05) is 24.6 Å². The molecule has 3 rings (SSSR count). The van der Waals surface area contributed by atoms with E-state index in [-0.39, 0.29) is 17.6 Å². The van der Waals surface area contributed by atoms with E-state index in [1.807, 2.05) is 6.07 Å². The van der Waals surface area contributed by atoms with Gasteiger partial charge in [-0.1, -0.05) is 18.2 Å². The van der Waals surface area contributed by atoms with Crippen molar-refractivity contribution in [1.29, 1.82) is 0 Å². The predicted molar refractivity (Wildman–Crippen MR) is 75.3 cm³/mol. The predicted octanol–water partition coefficient (Wildman–Crippen LogP) is 0.443. The monoisotopic (exact) mass is 323 g/mol. The zero-order chi connectivity index (χ0) is 15.6. The zero-order valence-electron chi connectivity index (χ0n) is 11.4. The fourth-order valence-electron chi connectivity index (χ4n) is 1.94. The number of aromatic nitrogens is 2. The fourth-order valence-corrected chi connectivity index (χ4v) is 3.13. The molecule has 1 aromatic carbocycles. The van der Waals surface area contributed by atoms with Crippen molar-refractivity contribution >= 4 is 16.1 Å². The molecule has 9 heteroatoms. The van der Waals surface area contributed by atoms with Gasteiger partial charge in [-0.2, -0.15) is 8.42 Å². The Morgan fingerprint density at radius 1 is 1.27 bits per heavy atom. The summed E-state index contributed by atoms with van der Waals surface area (Å²) in [4.78, 5) is 11.8. The molecule has 1 fully saturated rings. The molecule has 8 nitrogen and oxygen atoms in total. The maximum atomic E-state index is 11.8. The largest absolute Gasteiger partial charge is 0.411 e. The fraction of sp³-hybridized carbons (Fsp3) is 0.308. The van der Waals surface area contributed by atoms with E-state index in [0.29, 0.717) is 18.7 Å². The van der Waals surface area contributed by atoms with E-state index in [1.165, 1.54) is 0 Å². The molecule has 1 aromatic heterocycles. The molecule has 0 aliphatic carbocycles. The standard InChI is InChI=1S/C13H13N3O5S/c17-13(21-22(18,19)8-9-6-14-7-9)12-16-15-11(20-12)10-4-2-1-3-5-10/h1-5,9,14H,6-8H2. The first-order valence-corrected chi connectivity index (χ1v) is 8.17. The minimum absolute atomic E-state index is 0.0413. The van der Waals surface area contributed by atoms with Crippen molar-refractivity contribution in [2.24, 2.45) is 5.92 Å². The van der Waals surface area contributed by atoms with E-state index >= 15 is 0 Å². The van der Waals surface area contributed by atoms with E-state index in [0.717, 1.165) is 0 Å². The summed E-state index contributed by atoms with van der Waals surface area (Å²) >= 11 is 0. The smallest absolute Gasteiger partial charge is 0.411 e. The Hall–Kier alpha value is -2.26. The summed E-state index contributed by atoms with van der Waals surface area (Å²) in [6.45, 7) is 1.19. The molecule has 0 unspecified atom stereocenters. The van der Waals surface area contributed by atoms with Crippen LogP contribution in [0.25, 0.3) is 11.5 Å². The first kappa shape index (κ1) is 14.7. The van der Waals surface area contributed by atoms with Crippen LogP contribution < -0.4 is 5.32 Å². The SMILES string of the molecule is O=C(OS(=O)(=O)CC1CNC1)c1nnc(-c2ccccc2)o1. The van der Waals surface area contributed by atoms with Crippen LogP contribution in [-0.2, 0) is 14.3 Å². The lowest BCUT2D eigenvalue weighted by Gasteiger charge is -2.25. The van der Waals surface area contributed by atoms with Crippen molar-refractivity contribution in [1.82, 2.24) is 15.5 Å². The van der Waals surface area contributed by atoms with Gasteiger partial charge in [-0.25, -0.2) is 4.79 Å². The Bertz CT molecular complexity index is 768. The van der Waals surface area contributed by atoms with Gasteiger partial charge in [0.15, 0.2) is 0 Å². The number of hydrogen-bond donors (Lipinski definition) is 1. The second kappa shape index (κ2) is 5.85. The average molecular weight is 323 g/mol. The van der Waals surface area contributed by atoms with E-state index in [2.05, 4.69) is 19.7 Å². The highest BCUT2D eigenvalue weighted by Crippen LogP contribution is 2.18. The van der Waals surface area contributed by atoms with Crippen LogP contribution in [0.2, 0.25) is 0 Å². The lowest BCUT2D eigenvalue weighted by atomic mass is 10.1. The Labute approximate surface area is 126 Å². The van der Waals surface area contributed by atoms with Crippen LogP contribution in [0.15, 0.2) is 34.7 Å². The molecule has 1 aliphatic rings. The molecule has 0 saturated carbocycles. The van der Waals surface area contributed by atoms with E-state index < -0.39 is 22.0 Å². The Morgan fingerprint density at radius 3 is 2.64 bits per heavy atom. The van der Waals surface area contributed by atoms with Gasteiger partial charge in [-0.15, -0.1) is 10.2 Å². The molecular weight excluding hydrogens is 310 g/mol. The molecule has 0 amide bonds. The van der Waals surface area contributed by atoms with Crippen LogP contribution in [0, 0.1) is 5.92 Å². The molecule has 22 heavy (non-hydrogen) atoms. The Morgan fingerprint density at radius 2 is 2.00 bits per heavy atom. The molecule has 2 heterocycles. The van der Waals surface area contributed by atoms with Crippen molar-refractivity contribution < 1.29 is 21.8 Å². The Kier molecular flexibility index (Phi) is 3.90. The first-order valence-electron chi connectivity index (χ1n) is 6.59. The van der Waals surface area contributed by atoms with Gasteiger partial charge >= 0.3 is 22.0 Å². The second-order valence-corrected chi connectivity index (χ2v) is 6.51. The summed E-state index contributed by atoms with van der Waals surface area (Å²) < 4.78 is 33.1. The van der Waals surface area contributed by atoms with E-state index in [4.69, 9.17) is 4.42 Å². The number of nitrogens with one attached hydrogen (secondary N) is 1. The number of nitrogens with zero attached hydrogens (tertiary/aromatic N) is 2. The molecule has 0 atom stereocenters. The molecule has 0 bridgehead atoms. The third-order valence-corrected chi connectivity index (χ3v) is 4.41. The summed E-state index contributed by atoms with van der Waals surface area (Å²) in [5, 5.41) is 10.2. The van der Waals surface area contributed by atoms with Crippen molar-refractivity contribution in [3.05, 3.63) is 36.2 Å². The maximum absolute atomic E-state index is 11.8. The molecule has 2 aromatic rings. The average Bonchev–Trinajstić information content (AvgIpc) is 2.94. The number of rotatable bonds is 5. The lowest BCUT2D eigenvalue weighted by Crippen LogP contribution is -2.45. The molecule has 116 valence electrons. The second-order valence-electron chi connectivity index (χ2n) is 4.90. The lowest BCUT2D eigenvalue weighted by molar-refractivity contribution is 0.0704. The number of carbonyl (C=O) groups is 1. The van der Waals surface area contributed by atoms with Gasteiger partial charge in [0.2, 0.25) is 5.89 Å². The van der Waals surface area contributed by atoms with Crippen molar-refractivity contribution in [2.45, 2.75) is 0 Å². The molecule has 1 N–H and O–H groups in total. The highest BCUT2D eigenvalue weighted by Gasteiger charge is 2.29. The minimum atomic E-state index is -3.96. The Balaban J connectivity index is 1.69. The number of benzene rings is 1. The van der Waals surface area contributed by atoms with Gasteiger partial charge in [-0.05, 0) is 12.1 Å². The van der Waals surface area contributed by atoms with Gasteiger partial charge in [0.1, 0.15) is 0 Å². The molecule has 0 spiro atoms. The molecule has 0 radical (unpaired) electrons. The highest BCUT2D eigenvalue weighted by atomic mass is 32.2. The summed E-state index contributed by atoms with van der Waals surface area (Å²) in [6.07, 6.45) is 0. The third-order valence-electron chi connectivity index (χ3n) is 3.13. The highest BCUT2D eigenvalue weighted by molar-refractivity contribution is 7.87. The maximum Gasteiger partial charge on any atom is 0.411 e. The van der Waals surface area contributed by atoms with Crippen molar-refractivity contribution in [2.75, 3.05) is 18.8 Å². The molecule has 1 saturated heterocycles. The third kappa shape index (κ3) is 3.31. The number of hydrogen-bond acceptors (Lipinski definition) is 8. The minimum Gasteiger partial charge on any atom is -0.411 e. The topological polar surface area (TPSA) is 111 Å². The van der Waals surface area contributed by atoms with E-state index in [1.54, 1.807) is 24.3 Å². The summed E-state index contributed by atoms with van der Waals surface area (Å²) in [7, 11) is -3.96. The quantitative estimate of drug-likeness (QED) is 0.789. The van der Waals surface area contributed by atoms with Crippen molar-refractivity contribution in [3.8, 4) is 11.5 Å². The number of carbonyl (C=O) groups excluding carboxylic acids is 1. The van der Waals surface area contributed by atoms with Crippen LogP contribution in [0.5, 0.6) is 0 Å². The summed E-state index contributed by atoms with van der Waals surface area (Å²) in [5.74, 6) is -1.80. The van der Waals surface area contributed by atoms with Crippen LogP contribution in [0.3, 0.4) is 0 Å². The summed E-state index contributed by atoms with van der Waals surface area (Å²) in [5.41, 5.74) is 0.623. The molecular formula is C13H13N3O5S. The zero-order valence-corrected chi connectivity index (χ0v) is 12.2.